The third-order valence-corrected chi connectivity index (χ3v) is 4.21. The number of ether oxygens (including phenoxy) is 1. The molecule has 1 unspecified atom stereocenters. The highest BCUT2D eigenvalue weighted by atomic mass is 32.1. The minimum absolute atomic E-state index is 0.492. The molecule has 0 saturated carbocycles. The smallest absolute Gasteiger partial charge is 0.124 e. The molecular weight excluding hydrogens is 232 g/mol. The SMILES string of the molecule is Cc1cnc(C2(N)CCOc3ccccc32)s1. The van der Waals surface area contributed by atoms with E-state index in [1.54, 1.807) is 11.3 Å². The van der Waals surface area contributed by atoms with Gasteiger partial charge in [-0.15, -0.1) is 11.3 Å². The molecule has 2 aromatic rings. The molecule has 0 amide bonds. The Bertz CT molecular complexity index is 552. The van der Waals surface area contributed by atoms with Crippen molar-refractivity contribution in [1.82, 2.24) is 4.98 Å². The number of fused-ring (bicyclic) bond motifs is 1. The summed E-state index contributed by atoms with van der Waals surface area (Å²) in [6, 6.07) is 7.97. The molecule has 4 heteroatoms. The van der Waals surface area contributed by atoms with E-state index in [4.69, 9.17) is 10.5 Å². The number of aromatic nitrogens is 1. The number of aryl methyl sites for hydroxylation is 1. The monoisotopic (exact) mass is 246 g/mol. The zero-order valence-electron chi connectivity index (χ0n) is 9.64. The number of hydrogen-bond acceptors (Lipinski definition) is 4. The molecule has 0 spiro atoms. The van der Waals surface area contributed by atoms with Gasteiger partial charge in [-0.25, -0.2) is 4.98 Å². The van der Waals surface area contributed by atoms with Crippen molar-refractivity contribution >= 4 is 11.3 Å². The molecule has 0 aliphatic carbocycles. The van der Waals surface area contributed by atoms with Crippen LogP contribution < -0.4 is 10.5 Å². The van der Waals surface area contributed by atoms with Crippen LogP contribution in [0.25, 0.3) is 0 Å². The molecule has 3 nitrogen and oxygen atoms in total. The zero-order chi connectivity index (χ0) is 11.9. The topological polar surface area (TPSA) is 48.1 Å². The van der Waals surface area contributed by atoms with Crippen molar-refractivity contribution in [3.8, 4) is 5.75 Å². The molecule has 0 bridgehead atoms. The lowest BCUT2D eigenvalue weighted by Gasteiger charge is -2.33. The first-order chi connectivity index (χ1) is 8.20. The van der Waals surface area contributed by atoms with Gasteiger partial charge in [-0.1, -0.05) is 18.2 Å². The molecule has 0 radical (unpaired) electrons. The molecule has 2 heterocycles. The second kappa shape index (κ2) is 3.82. The number of thiazole rings is 1. The molecule has 3 rings (SSSR count). The van der Waals surface area contributed by atoms with Gasteiger partial charge in [-0.05, 0) is 13.0 Å². The largest absolute Gasteiger partial charge is 0.493 e. The molecule has 1 atom stereocenters. The summed E-state index contributed by atoms with van der Waals surface area (Å²) < 4.78 is 5.64. The summed E-state index contributed by atoms with van der Waals surface area (Å²) in [6.07, 6.45) is 2.66. The molecule has 2 N–H and O–H groups in total. The Morgan fingerprint density at radius 3 is 3.00 bits per heavy atom. The molecule has 0 saturated heterocycles. The summed E-state index contributed by atoms with van der Waals surface area (Å²) in [4.78, 5) is 5.64. The molecule has 17 heavy (non-hydrogen) atoms. The first kappa shape index (κ1) is 10.7. The lowest BCUT2D eigenvalue weighted by atomic mass is 9.86. The average Bonchev–Trinajstić information content (AvgIpc) is 2.77. The van der Waals surface area contributed by atoms with E-state index < -0.39 is 5.54 Å². The predicted octanol–water partition coefficient (Wildman–Crippen LogP) is 2.44. The Labute approximate surface area is 104 Å². The van der Waals surface area contributed by atoms with Crippen LogP contribution in [0.15, 0.2) is 30.5 Å². The van der Waals surface area contributed by atoms with Gasteiger partial charge in [0.15, 0.2) is 0 Å². The van der Waals surface area contributed by atoms with Crippen LogP contribution in [-0.2, 0) is 5.54 Å². The van der Waals surface area contributed by atoms with Gasteiger partial charge < -0.3 is 10.5 Å². The summed E-state index contributed by atoms with van der Waals surface area (Å²) in [5.74, 6) is 0.883. The Morgan fingerprint density at radius 2 is 2.24 bits per heavy atom. The van der Waals surface area contributed by atoms with E-state index in [1.165, 1.54) is 4.88 Å². The van der Waals surface area contributed by atoms with Crippen molar-refractivity contribution in [2.45, 2.75) is 18.9 Å². The summed E-state index contributed by atoms with van der Waals surface area (Å²) in [6.45, 7) is 2.70. The lowest BCUT2D eigenvalue weighted by Crippen LogP contribution is -2.42. The quantitative estimate of drug-likeness (QED) is 0.840. The molecule has 0 fully saturated rings. The van der Waals surface area contributed by atoms with E-state index in [0.29, 0.717) is 6.61 Å². The second-order valence-corrected chi connectivity index (χ2v) is 5.58. The zero-order valence-corrected chi connectivity index (χ0v) is 10.5. The van der Waals surface area contributed by atoms with Crippen LogP contribution in [0.2, 0.25) is 0 Å². The van der Waals surface area contributed by atoms with Crippen LogP contribution in [0.5, 0.6) is 5.75 Å². The van der Waals surface area contributed by atoms with Gasteiger partial charge in [-0.3, -0.25) is 0 Å². The van der Waals surface area contributed by atoms with Gasteiger partial charge >= 0.3 is 0 Å². The van der Waals surface area contributed by atoms with Gasteiger partial charge in [0.05, 0.1) is 6.61 Å². The maximum atomic E-state index is 6.57. The van der Waals surface area contributed by atoms with Gasteiger partial charge in [0, 0.05) is 23.1 Å². The number of hydrogen-bond donors (Lipinski definition) is 1. The van der Waals surface area contributed by atoms with Gasteiger partial charge in [0.1, 0.15) is 16.3 Å². The van der Waals surface area contributed by atoms with Gasteiger partial charge in [-0.2, -0.15) is 0 Å². The third-order valence-electron chi connectivity index (χ3n) is 3.12. The van der Waals surface area contributed by atoms with Crippen molar-refractivity contribution < 1.29 is 4.74 Å². The minimum Gasteiger partial charge on any atom is -0.493 e. The summed E-state index contributed by atoms with van der Waals surface area (Å²) in [7, 11) is 0. The molecular formula is C13H14N2OS. The number of benzene rings is 1. The molecule has 1 aromatic carbocycles. The van der Waals surface area contributed by atoms with Gasteiger partial charge in [0.2, 0.25) is 0 Å². The van der Waals surface area contributed by atoms with Crippen LogP contribution in [0, 0.1) is 6.92 Å². The fourth-order valence-corrected chi connectivity index (χ4v) is 3.11. The first-order valence-electron chi connectivity index (χ1n) is 5.64. The van der Waals surface area contributed by atoms with Crippen molar-refractivity contribution in [2.75, 3.05) is 6.61 Å². The van der Waals surface area contributed by atoms with E-state index in [0.717, 1.165) is 22.7 Å². The van der Waals surface area contributed by atoms with Crippen LogP contribution in [0.1, 0.15) is 21.9 Å². The van der Waals surface area contributed by atoms with Crippen molar-refractivity contribution in [2.24, 2.45) is 5.73 Å². The van der Waals surface area contributed by atoms with Crippen LogP contribution in [0.3, 0.4) is 0 Å². The predicted molar refractivity (Wildman–Crippen MR) is 68.4 cm³/mol. The number of nitrogens with two attached hydrogens (primary N) is 1. The number of para-hydroxylation sites is 1. The van der Waals surface area contributed by atoms with E-state index >= 15 is 0 Å². The van der Waals surface area contributed by atoms with E-state index in [-0.39, 0.29) is 0 Å². The van der Waals surface area contributed by atoms with Crippen molar-refractivity contribution in [1.29, 1.82) is 0 Å². The first-order valence-corrected chi connectivity index (χ1v) is 6.46. The van der Waals surface area contributed by atoms with Crippen LogP contribution in [0.4, 0.5) is 0 Å². The molecule has 88 valence electrons. The summed E-state index contributed by atoms with van der Waals surface area (Å²) in [5, 5.41) is 0.978. The van der Waals surface area contributed by atoms with E-state index in [2.05, 4.69) is 11.9 Å². The van der Waals surface area contributed by atoms with E-state index in [1.807, 2.05) is 30.5 Å². The second-order valence-electron chi connectivity index (χ2n) is 4.34. The summed E-state index contributed by atoms with van der Waals surface area (Å²) in [5.41, 5.74) is 7.12. The summed E-state index contributed by atoms with van der Waals surface area (Å²) >= 11 is 1.67. The highest BCUT2D eigenvalue weighted by molar-refractivity contribution is 7.11. The lowest BCUT2D eigenvalue weighted by molar-refractivity contribution is 0.237. The van der Waals surface area contributed by atoms with Crippen molar-refractivity contribution in [3.63, 3.8) is 0 Å². The molecule has 1 aliphatic rings. The Kier molecular flexibility index (Phi) is 2.42. The maximum Gasteiger partial charge on any atom is 0.124 e. The Hall–Kier alpha value is -1.39. The minimum atomic E-state index is -0.492. The molecule has 1 aromatic heterocycles. The standard InChI is InChI=1S/C13H14N2OS/c1-9-8-15-12(17-9)13(14)6-7-16-11-5-3-2-4-10(11)13/h2-5,8H,6-7,14H2,1H3. The average molecular weight is 246 g/mol. The third kappa shape index (κ3) is 1.64. The molecule has 1 aliphatic heterocycles. The normalized spacial score (nSPS) is 22.9. The fourth-order valence-electron chi connectivity index (χ4n) is 2.20. The Morgan fingerprint density at radius 1 is 1.41 bits per heavy atom. The highest BCUT2D eigenvalue weighted by Gasteiger charge is 2.37. The van der Waals surface area contributed by atoms with Crippen LogP contribution >= 0.6 is 11.3 Å². The number of nitrogens with zero attached hydrogens (tertiary/aromatic N) is 1. The van der Waals surface area contributed by atoms with Crippen molar-refractivity contribution in [3.05, 3.63) is 45.9 Å². The highest BCUT2D eigenvalue weighted by Crippen LogP contribution is 2.40. The fraction of sp³-hybridized carbons (Fsp3) is 0.308. The van der Waals surface area contributed by atoms with Gasteiger partial charge in [0.25, 0.3) is 0 Å². The number of rotatable bonds is 1. The Balaban J connectivity index is 2.15. The van der Waals surface area contributed by atoms with E-state index in [9.17, 15) is 0 Å². The maximum absolute atomic E-state index is 6.57. The van der Waals surface area contributed by atoms with Crippen LogP contribution in [-0.4, -0.2) is 11.6 Å².